The lowest BCUT2D eigenvalue weighted by molar-refractivity contribution is 0.0806. The van der Waals surface area contributed by atoms with Crippen molar-refractivity contribution in [1.82, 2.24) is 0 Å². The van der Waals surface area contributed by atoms with Crippen molar-refractivity contribution in [2.75, 3.05) is 5.75 Å². The first-order valence-electron chi connectivity index (χ1n) is 2.31. The van der Waals surface area contributed by atoms with Gasteiger partial charge >= 0.3 is 0 Å². The summed E-state index contributed by atoms with van der Waals surface area (Å²) in [5.41, 5.74) is 5.70. The molecule has 0 amide bonds. The average molecular weight is 119 g/mol. The quantitative estimate of drug-likeness (QED) is 0.500. The molecule has 42 valence electrons. The second-order valence-electron chi connectivity index (χ2n) is 1.58. The molecule has 1 heterocycles. The van der Waals surface area contributed by atoms with Gasteiger partial charge in [0.2, 0.25) is 0 Å². The molecule has 2 unspecified atom stereocenters. The van der Waals surface area contributed by atoms with Crippen LogP contribution in [0.1, 0.15) is 6.92 Å². The lowest BCUT2D eigenvalue weighted by Gasteiger charge is -1.99. The topological polar surface area (TPSA) is 35.2 Å². The molecule has 7 heavy (non-hydrogen) atoms. The summed E-state index contributed by atoms with van der Waals surface area (Å²) in [6.45, 7) is 2.01. The largest absolute Gasteiger partial charge is 0.349 e. The normalized spacial score (nSPS) is 42.0. The molecule has 0 aliphatic carbocycles. The number of hydrogen-bond donors (Lipinski definition) is 1. The van der Waals surface area contributed by atoms with Crippen LogP contribution in [0.4, 0.5) is 0 Å². The third kappa shape index (κ3) is 1.33. The van der Waals surface area contributed by atoms with E-state index in [4.69, 9.17) is 10.5 Å². The van der Waals surface area contributed by atoms with E-state index in [2.05, 4.69) is 0 Å². The van der Waals surface area contributed by atoms with Gasteiger partial charge in [-0.25, -0.2) is 0 Å². The van der Waals surface area contributed by atoms with Crippen LogP contribution in [0.3, 0.4) is 0 Å². The number of rotatable bonds is 0. The molecule has 0 saturated carbocycles. The fourth-order valence-electron chi connectivity index (χ4n) is 0.555. The summed E-state index contributed by atoms with van der Waals surface area (Å²) in [6, 6.07) is 0. The Hall–Kier alpha value is 0.270. The van der Waals surface area contributed by atoms with Crippen molar-refractivity contribution < 1.29 is 4.74 Å². The minimum Gasteiger partial charge on any atom is -0.349 e. The Labute approximate surface area is 47.4 Å². The van der Waals surface area contributed by atoms with Gasteiger partial charge in [0.25, 0.3) is 0 Å². The molecule has 3 heteroatoms. The van der Waals surface area contributed by atoms with Crippen molar-refractivity contribution in [3.63, 3.8) is 0 Å². The summed E-state index contributed by atoms with van der Waals surface area (Å²) < 4.78 is 5.10. The van der Waals surface area contributed by atoms with Gasteiger partial charge in [-0.05, 0) is 6.92 Å². The Morgan fingerprint density at radius 3 is 2.71 bits per heavy atom. The molecule has 1 aliphatic rings. The standard InChI is InChI=1S/C4H9NOS/c1-3-6-4(5)2-7-3/h3-4H,2,5H2,1H3. The molecular formula is C4H9NOS. The number of ether oxygens (including phenoxy) is 1. The Bertz CT molecular complexity index is 60.7. The van der Waals surface area contributed by atoms with Crippen LogP contribution in [0.25, 0.3) is 0 Å². The number of hydrogen-bond acceptors (Lipinski definition) is 3. The predicted molar refractivity (Wildman–Crippen MR) is 31.0 cm³/mol. The molecule has 0 aromatic rings. The Balaban J connectivity index is 2.26. The van der Waals surface area contributed by atoms with E-state index in [1.807, 2.05) is 6.92 Å². The summed E-state index contributed by atoms with van der Waals surface area (Å²) in [4.78, 5) is 0. The van der Waals surface area contributed by atoms with Crippen LogP contribution >= 0.6 is 11.8 Å². The highest BCUT2D eigenvalue weighted by Gasteiger charge is 2.17. The van der Waals surface area contributed by atoms with E-state index in [0.29, 0.717) is 5.44 Å². The van der Waals surface area contributed by atoms with Crippen LogP contribution in [0.5, 0.6) is 0 Å². The molecule has 0 aromatic heterocycles. The summed E-state index contributed by atoms with van der Waals surface area (Å²) in [5.74, 6) is 0.946. The van der Waals surface area contributed by atoms with Gasteiger partial charge in [0.05, 0.1) is 0 Å². The average Bonchev–Trinajstić information content (AvgIpc) is 1.87. The van der Waals surface area contributed by atoms with E-state index in [1.54, 1.807) is 11.8 Å². The van der Waals surface area contributed by atoms with E-state index in [0.717, 1.165) is 5.75 Å². The van der Waals surface area contributed by atoms with Gasteiger partial charge in [-0.15, -0.1) is 11.8 Å². The first-order valence-corrected chi connectivity index (χ1v) is 3.36. The molecule has 0 bridgehead atoms. The highest BCUT2D eigenvalue weighted by Crippen LogP contribution is 2.20. The molecule has 1 aliphatic heterocycles. The minimum atomic E-state index is -0.0139. The minimum absolute atomic E-state index is 0.0139. The number of nitrogens with two attached hydrogens (primary N) is 1. The second-order valence-corrected chi connectivity index (χ2v) is 2.91. The van der Waals surface area contributed by atoms with Crippen molar-refractivity contribution in [2.24, 2.45) is 5.73 Å². The zero-order chi connectivity index (χ0) is 5.28. The SMILES string of the molecule is CC1OC(N)CS1. The first-order chi connectivity index (χ1) is 3.29. The van der Waals surface area contributed by atoms with Gasteiger partial charge in [0, 0.05) is 5.75 Å². The Kier molecular flexibility index (Phi) is 1.57. The van der Waals surface area contributed by atoms with Crippen LogP contribution in [-0.2, 0) is 4.74 Å². The summed E-state index contributed by atoms with van der Waals surface area (Å²) in [5, 5.41) is 0. The maximum atomic E-state index is 5.38. The smallest absolute Gasteiger partial charge is 0.116 e. The highest BCUT2D eigenvalue weighted by atomic mass is 32.2. The Morgan fingerprint density at radius 1 is 1.86 bits per heavy atom. The molecule has 2 atom stereocenters. The molecule has 1 rings (SSSR count). The molecule has 2 N–H and O–H groups in total. The molecule has 1 fully saturated rings. The van der Waals surface area contributed by atoms with Crippen molar-refractivity contribution in [1.29, 1.82) is 0 Å². The molecule has 1 saturated heterocycles. The molecule has 0 spiro atoms. The summed E-state index contributed by atoms with van der Waals surface area (Å²) >= 11 is 1.76. The zero-order valence-corrected chi connectivity index (χ0v) is 5.07. The predicted octanol–water partition coefficient (Wildman–Crippen LogP) is 0.381. The van der Waals surface area contributed by atoms with Crippen LogP contribution < -0.4 is 5.73 Å². The molecule has 2 nitrogen and oxygen atoms in total. The van der Waals surface area contributed by atoms with Crippen LogP contribution in [0.15, 0.2) is 0 Å². The monoisotopic (exact) mass is 119 g/mol. The van der Waals surface area contributed by atoms with Crippen molar-refractivity contribution in [2.45, 2.75) is 18.6 Å². The number of thioether (sulfide) groups is 1. The van der Waals surface area contributed by atoms with E-state index in [9.17, 15) is 0 Å². The van der Waals surface area contributed by atoms with E-state index < -0.39 is 0 Å². The van der Waals surface area contributed by atoms with Crippen LogP contribution in [0.2, 0.25) is 0 Å². The van der Waals surface area contributed by atoms with Gasteiger partial charge in [-0.2, -0.15) is 0 Å². The third-order valence-electron chi connectivity index (χ3n) is 0.862. The fraction of sp³-hybridized carbons (Fsp3) is 1.00. The van der Waals surface area contributed by atoms with Crippen LogP contribution in [-0.4, -0.2) is 17.4 Å². The van der Waals surface area contributed by atoms with Crippen molar-refractivity contribution >= 4 is 11.8 Å². The lowest BCUT2D eigenvalue weighted by Crippen LogP contribution is -2.21. The van der Waals surface area contributed by atoms with Gasteiger partial charge < -0.3 is 10.5 Å². The van der Waals surface area contributed by atoms with Crippen molar-refractivity contribution in [3.05, 3.63) is 0 Å². The van der Waals surface area contributed by atoms with Gasteiger partial charge in [0.1, 0.15) is 11.7 Å². The zero-order valence-electron chi connectivity index (χ0n) is 4.26. The highest BCUT2D eigenvalue weighted by molar-refractivity contribution is 7.99. The van der Waals surface area contributed by atoms with E-state index >= 15 is 0 Å². The maximum absolute atomic E-state index is 5.38. The van der Waals surface area contributed by atoms with Gasteiger partial charge in [-0.3, -0.25) is 0 Å². The fourth-order valence-corrected chi connectivity index (χ4v) is 1.32. The van der Waals surface area contributed by atoms with Crippen molar-refractivity contribution in [3.8, 4) is 0 Å². The Morgan fingerprint density at radius 2 is 2.57 bits per heavy atom. The van der Waals surface area contributed by atoms with Crippen LogP contribution in [0, 0.1) is 0 Å². The summed E-state index contributed by atoms with van der Waals surface area (Å²) in [6.07, 6.45) is -0.0139. The van der Waals surface area contributed by atoms with Gasteiger partial charge in [0.15, 0.2) is 0 Å². The molecule has 0 aromatic carbocycles. The molecular weight excluding hydrogens is 110 g/mol. The second kappa shape index (κ2) is 2.03. The van der Waals surface area contributed by atoms with E-state index in [-0.39, 0.29) is 6.23 Å². The first kappa shape index (κ1) is 5.41. The van der Waals surface area contributed by atoms with Gasteiger partial charge in [-0.1, -0.05) is 0 Å². The lowest BCUT2D eigenvalue weighted by atomic mass is 10.7. The summed E-state index contributed by atoms with van der Waals surface area (Å²) in [7, 11) is 0. The van der Waals surface area contributed by atoms with E-state index in [1.165, 1.54) is 0 Å². The maximum Gasteiger partial charge on any atom is 0.116 e. The molecule has 0 radical (unpaired) electrons. The third-order valence-corrected chi connectivity index (χ3v) is 1.96.